The number of nitrogens with zero attached hydrogens (tertiary/aromatic N) is 1. The minimum absolute atomic E-state index is 0.0656. The van der Waals surface area contributed by atoms with Crippen molar-refractivity contribution in [2.75, 3.05) is 18.4 Å². The highest BCUT2D eigenvalue weighted by Crippen LogP contribution is 2.27. The summed E-state index contributed by atoms with van der Waals surface area (Å²) in [5, 5.41) is 11.7. The number of hydroxylamine groups is 1. The fourth-order valence-corrected chi connectivity index (χ4v) is 3.96. The number of rotatable bonds is 6. The second kappa shape index (κ2) is 10.1. The van der Waals surface area contributed by atoms with Crippen molar-refractivity contribution in [1.82, 2.24) is 10.4 Å². The summed E-state index contributed by atoms with van der Waals surface area (Å²) in [6.07, 6.45) is 2.20. The van der Waals surface area contributed by atoms with Gasteiger partial charge in [-0.25, -0.2) is 5.48 Å². The molecule has 7 nitrogen and oxygen atoms in total. The summed E-state index contributed by atoms with van der Waals surface area (Å²) >= 11 is 0. The largest absolute Gasteiger partial charge is 0.339 e. The fourth-order valence-electron chi connectivity index (χ4n) is 3.96. The molecule has 3 N–H and O–H groups in total. The molecule has 7 heteroatoms. The monoisotopic (exact) mass is 443 g/mol. The second-order valence-electron chi connectivity index (χ2n) is 8.03. The van der Waals surface area contributed by atoms with E-state index in [1.807, 2.05) is 41.3 Å². The van der Waals surface area contributed by atoms with Gasteiger partial charge in [-0.05, 0) is 59.9 Å². The summed E-state index contributed by atoms with van der Waals surface area (Å²) in [6.45, 7) is 1.45. The lowest BCUT2D eigenvalue weighted by Crippen LogP contribution is -2.27. The molecule has 4 rings (SSSR count). The van der Waals surface area contributed by atoms with Gasteiger partial charge in [0.15, 0.2) is 0 Å². The Balaban J connectivity index is 1.63. The van der Waals surface area contributed by atoms with Gasteiger partial charge in [-0.2, -0.15) is 0 Å². The predicted octanol–water partition coefficient (Wildman–Crippen LogP) is 3.89. The topological polar surface area (TPSA) is 98.7 Å². The second-order valence-corrected chi connectivity index (χ2v) is 8.03. The van der Waals surface area contributed by atoms with E-state index in [1.165, 1.54) is 0 Å². The first kappa shape index (κ1) is 22.2. The van der Waals surface area contributed by atoms with Crippen LogP contribution in [0.5, 0.6) is 0 Å². The van der Waals surface area contributed by atoms with Crippen LogP contribution in [-0.4, -0.2) is 40.9 Å². The summed E-state index contributed by atoms with van der Waals surface area (Å²) < 4.78 is 0. The lowest BCUT2D eigenvalue weighted by Gasteiger charge is -2.17. The third-order valence-corrected chi connectivity index (χ3v) is 5.65. The van der Waals surface area contributed by atoms with Gasteiger partial charge in [0, 0.05) is 29.9 Å². The van der Waals surface area contributed by atoms with E-state index >= 15 is 0 Å². The first-order valence-corrected chi connectivity index (χ1v) is 10.9. The Morgan fingerprint density at radius 1 is 0.818 bits per heavy atom. The Bertz CT molecular complexity index is 1150. The highest BCUT2D eigenvalue weighted by molar-refractivity contribution is 6.00. The van der Waals surface area contributed by atoms with E-state index in [9.17, 15) is 14.4 Å². The van der Waals surface area contributed by atoms with Crippen molar-refractivity contribution in [2.24, 2.45) is 0 Å². The molecule has 3 aromatic rings. The van der Waals surface area contributed by atoms with Crippen molar-refractivity contribution >= 4 is 23.4 Å². The molecule has 0 saturated carbocycles. The standard InChI is InChI=1S/C26H25N3O4/c30-24(14-18-6-2-1-3-7-18)27-23-16-21(19-8-10-20(11-9-19)25(31)28-33)15-22(17-23)26(32)29-12-4-5-13-29/h1-3,6-11,15-17,33H,4-5,12-14H2,(H,27,30)(H,28,31). The highest BCUT2D eigenvalue weighted by Gasteiger charge is 2.21. The lowest BCUT2D eigenvalue weighted by molar-refractivity contribution is -0.115. The molecule has 1 saturated heterocycles. The minimum Gasteiger partial charge on any atom is -0.339 e. The zero-order valence-corrected chi connectivity index (χ0v) is 18.1. The lowest BCUT2D eigenvalue weighted by atomic mass is 10.00. The Labute approximate surface area is 192 Å². The summed E-state index contributed by atoms with van der Waals surface area (Å²) in [4.78, 5) is 39.2. The summed E-state index contributed by atoms with van der Waals surface area (Å²) in [7, 11) is 0. The molecule has 33 heavy (non-hydrogen) atoms. The van der Waals surface area contributed by atoms with Crippen LogP contribution in [0.15, 0.2) is 72.8 Å². The number of anilines is 1. The van der Waals surface area contributed by atoms with E-state index in [2.05, 4.69) is 5.32 Å². The molecule has 0 atom stereocenters. The van der Waals surface area contributed by atoms with E-state index < -0.39 is 5.91 Å². The molecule has 1 aliphatic heterocycles. The van der Waals surface area contributed by atoms with Gasteiger partial charge in [-0.3, -0.25) is 19.6 Å². The minimum atomic E-state index is -0.603. The van der Waals surface area contributed by atoms with Crippen molar-refractivity contribution in [3.63, 3.8) is 0 Å². The fraction of sp³-hybridized carbons (Fsp3) is 0.192. The van der Waals surface area contributed by atoms with Gasteiger partial charge in [-0.1, -0.05) is 42.5 Å². The molecule has 0 aromatic heterocycles. The Kier molecular flexibility index (Phi) is 6.80. The molecular formula is C26H25N3O4. The maximum atomic E-state index is 13.1. The molecule has 1 fully saturated rings. The number of carbonyl (C=O) groups is 3. The van der Waals surface area contributed by atoms with Crippen molar-refractivity contribution in [1.29, 1.82) is 0 Å². The molecular weight excluding hydrogens is 418 g/mol. The number of benzene rings is 3. The molecule has 1 heterocycles. The first-order valence-electron chi connectivity index (χ1n) is 10.9. The molecule has 3 amide bonds. The number of hydrogen-bond acceptors (Lipinski definition) is 4. The smallest absolute Gasteiger partial charge is 0.274 e. The van der Waals surface area contributed by atoms with Crippen molar-refractivity contribution in [2.45, 2.75) is 19.3 Å². The van der Waals surface area contributed by atoms with Crippen molar-refractivity contribution in [3.05, 3.63) is 89.5 Å². The van der Waals surface area contributed by atoms with Gasteiger partial charge in [0.05, 0.1) is 6.42 Å². The van der Waals surface area contributed by atoms with E-state index in [0.29, 0.717) is 16.8 Å². The van der Waals surface area contributed by atoms with Crippen molar-refractivity contribution in [3.8, 4) is 11.1 Å². The first-order chi connectivity index (χ1) is 16.0. The number of hydrogen-bond donors (Lipinski definition) is 3. The molecule has 0 spiro atoms. The van der Waals surface area contributed by atoms with E-state index in [-0.39, 0.29) is 18.2 Å². The highest BCUT2D eigenvalue weighted by atomic mass is 16.5. The summed E-state index contributed by atoms with van der Waals surface area (Å²) in [6, 6.07) is 21.4. The van der Waals surface area contributed by atoms with Gasteiger partial charge in [0.25, 0.3) is 11.8 Å². The molecule has 1 aliphatic rings. The summed E-state index contributed by atoms with van der Waals surface area (Å²) in [5.41, 5.74) is 5.37. The van der Waals surface area contributed by atoms with E-state index in [4.69, 9.17) is 5.21 Å². The molecule has 3 aromatic carbocycles. The van der Waals surface area contributed by atoms with Crippen LogP contribution >= 0.6 is 0 Å². The van der Waals surface area contributed by atoms with Crippen molar-refractivity contribution < 1.29 is 19.6 Å². The third-order valence-electron chi connectivity index (χ3n) is 5.65. The molecule has 0 radical (unpaired) electrons. The molecule has 0 aliphatic carbocycles. The quantitative estimate of drug-likeness (QED) is 0.398. The predicted molar refractivity (Wildman–Crippen MR) is 125 cm³/mol. The Hall–Kier alpha value is -3.97. The zero-order valence-electron chi connectivity index (χ0n) is 18.1. The SMILES string of the molecule is O=C(Cc1ccccc1)Nc1cc(C(=O)N2CCCC2)cc(-c2ccc(C(=O)NO)cc2)c1. The van der Waals surface area contributed by atoms with Gasteiger partial charge in [0.2, 0.25) is 5.91 Å². The molecule has 168 valence electrons. The number of carbonyl (C=O) groups excluding carboxylic acids is 3. The van der Waals surface area contributed by atoms with Crippen LogP contribution in [0.2, 0.25) is 0 Å². The number of likely N-dealkylation sites (tertiary alicyclic amines) is 1. The third kappa shape index (κ3) is 5.45. The van der Waals surface area contributed by atoms with Crippen LogP contribution in [0, 0.1) is 0 Å². The molecule has 0 unspecified atom stereocenters. The number of amides is 3. The van der Waals surface area contributed by atoms with Gasteiger partial charge >= 0.3 is 0 Å². The average Bonchev–Trinajstić information content (AvgIpc) is 3.38. The van der Waals surface area contributed by atoms with Crippen LogP contribution in [0.1, 0.15) is 39.1 Å². The maximum absolute atomic E-state index is 13.1. The summed E-state index contributed by atoms with van der Waals surface area (Å²) in [5.74, 6) is -0.842. The van der Waals surface area contributed by atoms with Crippen LogP contribution in [0.3, 0.4) is 0 Å². The van der Waals surface area contributed by atoms with Crippen LogP contribution in [0.4, 0.5) is 5.69 Å². The normalized spacial score (nSPS) is 12.9. The zero-order chi connectivity index (χ0) is 23.2. The van der Waals surface area contributed by atoms with Gasteiger partial charge in [0.1, 0.15) is 0 Å². The van der Waals surface area contributed by atoms with Gasteiger partial charge < -0.3 is 10.2 Å². The van der Waals surface area contributed by atoms with Crippen LogP contribution in [-0.2, 0) is 11.2 Å². The van der Waals surface area contributed by atoms with E-state index in [0.717, 1.165) is 42.6 Å². The Morgan fingerprint density at radius 3 is 2.18 bits per heavy atom. The van der Waals surface area contributed by atoms with Crippen LogP contribution < -0.4 is 10.8 Å². The van der Waals surface area contributed by atoms with Gasteiger partial charge in [-0.15, -0.1) is 0 Å². The maximum Gasteiger partial charge on any atom is 0.274 e. The molecule has 0 bridgehead atoms. The average molecular weight is 444 g/mol. The Morgan fingerprint density at radius 2 is 1.52 bits per heavy atom. The van der Waals surface area contributed by atoms with E-state index in [1.54, 1.807) is 41.9 Å². The van der Waals surface area contributed by atoms with Crippen LogP contribution in [0.25, 0.3) is 11.1 Å². The number of nitrogens with one attached hydrogen (secondary N) is 2.